The minimum Gasteiger partial charge on any atom is -0.466 e. The number of hydrogen-bond acceptors (Lipinski definition) is 4. The molecule has 1 aromatic rings. The maximum atomic E-state index is 11.0. The van der Waals surface area contributed by atoms with Gasteiger partial charge in [0.05, 0.1) is 18.7 Å². The Morgan fingerprint density at radius 2 is 2.43 bits per heavy atom. The lowest BCUT2D eigenvalue weighted by Crippen LogP contribution is -2.13. The van der Waals surface area contributed by atoms with E-state index in [0.29, 0.717) is 12.3 Å². The highest BCUT2D eigenvalue weighted by Gasteiger charge is 2.06. The number of H-pyrrole nitrogens is 1. The Morgan fingerprint density at radius 1 is 1.71 bits per heavy atom. The van der Waals surface area contributed by atoms with E-state index in [2.05, 4.69) is 9.97 Å². The van der Waals surface area contributed by atoms with E-state index in [4.69, 9.17) is 16.3 Å². The van der Waals surface area contributed by atoms with E-state index in [1.807, 2.05) is 0 Å². The van der Waals surface area contributed by atoms with Crippen LogP contribution in [0.25, 0.3) is 0 Å². The van der Waals surface area contributed by atoms with Crippen molar-refractivity contribution >= 4 is 17.6 Å². The van der Waals surface area contributed by atoms with Crippen LogP contribution in [0.1, 0.15) is 12.6 Å². The Balaban J connectivity index is 2.73. The van der Waals surface area contributed by atoms with E-state index < -0.39 is 11.5 Å². The van der Waals surface area contributed by atoms with Gasteiger partial charge in [0.2, 0.25) is 0 Å². The summed E-state index contributed by atoms with van der Waals surface area (Å²) in [6.45, 7) is 2.03. The van der Waals surface area contributed by atoms with Gasteiger partial charge in [0, 0.05) is 6.20 Å². The number of aromatic nitrogens is 2. The number of aromatic amines is 1. The van der Waals surface area contributed by atoms with Gasteiger partial charge in [0.25, 0.3) is 5.56 Å². The molecule has 0 saturated heterocycles. The van der Waals surface area contributed by atoms with Gasteiger partial charge in [-0.25, -0.2) is 4.98 Å². The van der Waals surface area contributed by atoms with Gasteiger partial charge in [-0.2, -0.15) is 0 Å². The third-order valence-electron chi connectivity index (χ3n) is 1.43. The van der Waals surface area contributed by atoms with Crippen LogP contribution in [0.5, 0.6) is 0 Å². The number of esters is 1. The molecule has 0 amide bonds. The highest BCUT2D eigenvalue weighted by molar-refractivity contribution is 6.29. The van der Waals surface area contributed by atoms with Crippen LogP contribution in [0.3, 0.4) is 0 Å². The minimum atomic E-state index is -0.473. The van der Waals surface area contributed by atoms with Crippen LogP contribution in [0.15, 0.2) is 11.0 Å². The van der Waals surface area contributed by atoms with E-state index in [1.54, 1.807) is 6.92 Å². The summed E-state index contributed by atoms with van der Waals surface area (Å²) in [5.74, 6) is -0.400. The van der Waals surface area contributed by atoms with Gasteiger partial charge in [-0.15, -0.1) is 0 Å². The van der Waals surface area contributed by atoms with Gasteiger partial charge < -0.3 is 9.72 Å². The number of hydrogen-bond donors (Lipinski definition) is 1. The zero-order valence-corrected chi connectivity index (χ0v) is 8.30. The molecule has 0 saturated carbocycles. The summed E-state index contributed by atoms with van der Waals surface area (Å²) in [5.41, 5.74) is -0.0904. The number of halogens is 1. The van der Waals surface area contributed by atoms with Crippen molar-refractivity contribution in [3.63, 3.8) is 0 Å². The second-order valence-corrected chi connectivity index (χ2v) is 2.85. The number of rotatable bonds is 3. The van der Waals surface area contributed by atoms with Crippen molar-refractivity contribution in [3.05, 3.63) is 27.4 Å². The number of nitrogens with one attached hydrogen (secondary N) is 1. The van der Waals surface area contributed by atoms with Gasteiger partial charge in [-0.1, -0.05) is 11.6 Å². The lowest BCUT2D eigenvalue weighted by molar-refractivity contribution is -0.142. The molecule has 0 fully saturated rings. The fourth-order valence-corrected chi connectivity index (χ4v) is 1.03. The van der Waals surface area contributed by atoms with Crippen LogP contribution in [-0.2, 0) is 16.0 Å². The number of ether oxygens (including phenoxy) is 1. The van der Waals surface area contributed by atoms with Crippen LogP contribution in [0, 0.1) is 0 Å². The molecule has 1 N–H and O–H groups in total. The summed E-state index contributed by atoms with van der Waals surface area (Å²) in [4.78, 5) is 27.9. The monoisotopic (exact) mass is 216 g/mol. The van der Waals surface area contributed by atoms with Crippen LogP contribution >= 0.6 is 11.6 Å². The van der Waals surface area contributed by atoms with E-state index in [9.17, 15) is 9.59 Å². The average molecular weight is 217 g/mol. The number of carbonyl (C=O) groups excluding carboxylic acids is 1. The maximum absolute atomic E-state index is 11.0. The Hall–Kier alpha value is -1.36. The minimum absolute atomic E-state index is 0.00431. The summed E-state index contributed by atoms with van der Waals surface area (Å²) >= 11 is 5.47. The zero-order valence-electron chi connectivity index (χ0n) is 7.54. The second-order valence-electron chi connectivity index (χ2n) is 2.49. The molecule has 0 spiro atoms. The molecular formula is C8H9ClN2O3. The normalized spacial score (nSPS) is 9.86. The van der Waals surface area contributed by atoms with Gasteiger partial charge in [-0.05, 0) is 6.92 Å². The molecule has 1 heterocycles. The Morgan fingerprint density at radius 3 is 3.00 bits per heavy atom. The first-order chi connectivity index (χ1) is 6.63. The van der Waals surface area contributed by atoms with Gasteiger partial charge in [0.15, 0.2) is 5.15 Å². The molecule has 0 bridgehead atoms. The lowest BCUT2D eigenvalue weighted by Gasteiger charge is -2.00. The molecule has 1 aromatic heterocycles. The van der Waals surface area contributed by atoms with Crippen molar-refractivity contribution in [2.75, 3.05) is 6.61 Å². The SMILES string of the molecule is CCOC(=O)Cc1c[nH]c(=O)c(Cl)n1. The van der Waals surface area contributed by atoms with E-state index in [-0.39, 0.29) is 11.6 Å². The van der Waals surface area contributed by atoms with E-state index in [1.165, 1.54) is 6.20 Å². The van der Waals surface area contributed by atoms with Crippen LogP contribution < -0.4 is 5.56 Å². The molecule has 0 aromatic carbocycles. The topological polar surface area (TPSA) is 72.1 Å². The summed E-state index contributed by atoms with van der Waals surface area (Å²) < 4.78 is 4.70. The third-order valence-corrected chi connectivity index (χ3v) is 1.69. The number of nitrogens with zero attached hydrogens (tertiary/aromatic N) is 1. The zero-order chi connectivity index (χ0) is 10.6. The summed E-state index contributed by atoms with van der Waals surface area (Å²) in [5, 5.41) is -0.174. The molecule has 0 aliphatic rings. The van der Waals surface area contributed by atoms with Gasteiger partial charge in [-0.3, -0.25) is 9.59 Å². The largest absolute Gasteiger partial charge is 0.466 e. The maximum Gasteiger partial charge on any atom is 0.311 e. The van der Waals surface area contributed by atoms with E-state index in [0.717, 1.165) is 0 Å². The third kappa shape index (κ3) is 2.85. The van der Waals surface area contributed by atoms with Crippen LogP contribution in [-0.4, -0.2) is 22.5 Å². The first-order valence-corrected chi connectivity index (χ1v) is 4.41. The average Bonchev–Trinajstić information content (AvgIpc) is 2.12. The summed E-state index contributed by atoms with van der Waals surface area (Å²) in [7, 11) is 0. The molecule has 76 valence electrons. The summed E-state index contributed by atoms with van der Waals surface area (Å²) in [6.07, 6.45) is 1.34. The Bertz CT molecular complexity index is 388. The van der Waals surface area contributed by atoms with Crippen molar-refractivity contribution in [1.82, 2.24) is 9.97 Å². The lowest BCUT2D eigenvalue weighted by atomic mass is 10.3. The smallest absolute Gasteiger partial charge is 0.311 e. The molecular weight excluding hydrogens is 208 g/mol. The molecule has 6 heteroatoms. The fraction of sp³-hybridized carbons (Fsp3) is 0.375. The highest BCUT2D eigenvalue weighted by atomic mass is 35.5. The molecule has 14 heavy (non-hydrogen) atoms. The van der Waals surface area contributed by atoms with Crippen LogP contribution in [0.2, 0.25) is 5.15 Å². The van der Waals surface area contributed by atoms with Gasteiger partial charge >= 0.3 is 5.97 Å². The highest BCUT2D eigenvalue weighted by Crippen LogP contribution is 1.99. The van der Waals surface area contributed by atoms with E-state index >= 15 is 0 Å². The molecule has 0 aliphatic carbocycles. The van der Waals surface area contributed by atoms with Crippen molar-refractivity contribution in [2.45, 2.75) is 13.3 Å². The standard InChI is InChI=1S/C8H9ClN2O3/c1-2-14-6(12)3-5-4-10-8(13)7(9)11-5/h4H,2-3H2,1H3,(H,10,13). The predicted octanol–water partition coefficient (Wildman–Crippen LogP) is 0.529. The molecule has 5 nitrogen and oxygen atoms in total. The number of carbonyl (C=O) groups is 1. The first kappa shape index (κ1) is 10.7. The summed E-state index contributed by atoms with van der Waals surface area (Å²) in [6, 6.07) is 0. The van der Waals surface area contributed by atoms with Crippen molar-refractivity contribution in [2.24, 2.45) is 0 Å². The van der Waals surface area contributed by atoms with Crippen molar-refractivity contribution < 1.29 is 9.53 Å². The Labute approximate surface area is 85.1 Å². The first-order valence-electron chi connectivity index (χ1n) is 4.03. The van der Waals surface area contributed by atoms with Gasteiger partial charge in [0.1, 0.15) is 0 Å². The van der Waals surface area contributed by atoms with Crippen LogP contribution in [0.4, 0.5) is 0 Å². The quantitative estimate of drug-likeness (QED) is 0.748. The fourth-order valence-electron chi connectivity index (χ4n) is 0.868. The van der Waals surface area contributed by atoms with Crippen molar-refractivity contribution in [1.29, 1.82) is 0 Å². The molecule has 1 rings (SSSR count). The molecule has 0 radical (unpaired) electrons. The van der Waals surface area contributed by atoms with Crippen molar-refractivity contribution in [3.8, 4) is 0 Å². The molecule has 0 aliphatic heterocycles. The molecule has 0 unspecified atom stereocenters. The second kappa shape index (κ2) is 4.76. The molecule has 0 atom stereocenters. The Kier molecular flexibility index (Phi) is 3.64. The predicted molar refractivity (Wildman–Crippen MR) is 50.2 cm³/mol.